The molecular formula is C22H20BrF2N3O2. The Hall–Kier alpha value is -2.74. The lowest BCUT2D eigenvalue weighted by atomic mass is 10.1. The molecule has 3 aromatic rings. The summed E-state index contributed by atoms with van der Waals surface area (Å²) in [6.45, 7) is 2.86. The van der Waals surface area contributed by atoms with Crippen molar-refractivity contribution < 1.29 is 18.3 Å². The summed E-state index contributed by atoms with van der Waals surface area (Å²) in [6.07, 6.45) is 2.52. The quantitative estimate of drug-likeness (QED) is 0.538. The Kier molecular flexibility index (Phi) is 5.85. The Labute approximate surface area is 181 Å². The number of ether oxygens (including phenoxy) is 1. The van der Waals surface area contributed by atoms with Crippen molar-refractivity contribution in [3.63, 3.8) is 0 Å². The first-order chi connectivity index (χ1) is 14.4. The van der Waals surface area contributed by atoms with Gasteiger partial charge in [0, 0.05) is 36.5 Å². The molecule has 2 heterocycles. The van der Waals surface area contributed by atoms with Gasteiger partial charge in [0.05, 0.1) is 23.1 Å². The van der Waals surface area contributed by atoms with Crippen molar-refractivity contribution in [2.45, 2.75) is 25.9 Å². The third kappa shape index (κ3) is 4.23. The van der Waals surface area contributed by atoms with Crippen LogP contribution >= 0.6 is 15.9 Å². The molecule has 1 fully saturated rings. The van der Waals surface area contributed by atoms with Crippen LogP contribution in [0.2, 0.25) is 0 Å². The number of hydrogen-bond acceptors (Lipinski definition) is 3. The first kappa shape index (κ1) is 20.5. The zero-order chi connectivity index (χ0) is 21.3. The molecule has 2 aromatic carbocycles. The number of amides is 1. The molecule has 30 heavy (non-hydrogen) atoms. The Morgan fingerprint density at radius 1 is 1.13 bits per heavy atom. The predicted octanol–water partition coefficient (Wildman–Crippen LogP) is 4.91. The Morgan fingerprint density at radius 2 is 1.83 bits per heavy atom. The largest absolute Gasteiger partial charge is 0.487 e. The van der Waals surface area contributed by atoms with Gasteiger partial charge in [-0.1, -0.05) is 15.9 Å². The molecule has 0 bridgehead atoms. The predicted molar refractivity (Wildman–Crippen MR) is 112 cm³/mol. The minimum atomic E-state index is -0.718. The monoisotopic (exact) mass is 475 g/mol. The van der Waals surface area contributed by atoms with E-state index in [0.717, 1.165) is 21.9 Å². The summed E-state index contributed by atoms with van der Waals surface area (Å²) in [5, 5.41) is 4.38. The van der Waals surface area contributed by atoms with Crippen molar-refractivity contribution in [2.75, 3.05) is 13.1 Å². The minimum absolute atomic E-state index is 0.0350. The maximum atomic E-state index is 13.8. The normalized spacial score (nSPS) is 14.7. The van der Waals surface area contributed by atoms with Gasteiger partial charge in [0.1, 0.15) is 11.9 Å². The van der Waals surface area contributed by atoms with Crippen LogP contribution in [-0.4, -0.2) is 39.8 Å². The molecule has 0 radical (unpaired) electrons. The molecule has 0 aliphatic carbocycles. The Bertz CT molecular complexity index is 1060. The van der Waals surface area contributed by atoms with Crippen LogP contribution in [0.1, 0.15) is 28.9 Å². The van der Waals surface area contributed by atoms with Gasteiger partial charge in [0.15, 0.2) is 11.6 Å². The lowest BCUT2D eigenvalue weighted by Gasteiger charge is -2.32. The molecule has 1 aliphatic heterocycles. The Morgan fingerprint density at radius 3 is 2.50 bits per heavy atom. The summed E-state index contributed by atoms with van der Waals surface area (Å²) in [5.74, 6) is -1.40. The van der Waals surface area contributed by atoms with Gasteiger partial charge >= 0.3 is 0 Å². The number of likely N-dealkylation sites (tertiary alicyclic amines) is 1. The molecule has 0 N–H and O–H groups in total. The Balaban J connectivity index is 1.40. The van der Waals surface area contributed by atoms with E-state index >= 15 is 0 Å². The lowest BCUT2D eigenvalue weighted by molar-refractivity contribution is 0.0587. The summed E-state index contributed by atoms with van der Waals surface area (Å²) in [7, 11) is 0. The zero-order valence-electron chi connectivity index (χ0n) is 16.3. The first-order valence-corrected chi connectivity index (χ1v) is 10.4. The van der Waals surface area contributed by atoms with Crippen LogP contribution < -0.4 is 4.74 Å². The molecular weight excluding hydrogens is 456 g/mol. The summed E-state index contributed by atoms with van der Waals surface area (Å²) in [5.41, 5.74) is 2.21. The van der Waals surface area contributed by atoms with Crippen molar-refractivity contribution in [3.05, 3.63) is 76.0 Å². The van der Waals surface area contributed by atoms with Crippen LogP contribution in [0.3, 0.4) is 0 Å². The number of carbonyl (C=O) groups excluding carboxylic acids is 1. The van der Waals surface area contributed by atoms with E-state index < -0.39 is 11.6 Å². The second-order valence-electron chi connectivity index (χ2n) is 7.22. The van der Waals surface area contributed by atoms with Gasteiger partial charge in [0.2, 0.25) is 0 Å². The van der Waals surface area contributed by atoms with Gasteiger partial charge in [0.25, 0.3) is 5.91 Å². The maximum absolute atomic E-state index is 13.8. The van der Waals surface area contributed by atoms with Crippen LogP contribution in [0.25, 0.3) is 5.69 Å². The van der Waals surface area contributed by atoms with E-state index in [9.17, 15) is 13.6 Å². The fourth-order valence-electron chi connectivity index (χ4n) is 3.56. The van der Waals surface area contributed by atoms with Crippen molar-refractivity contribution >= 4 is 21.8 Å². The SMILES string of the molecule is Cc1c(C(=O)N2CCC(Oc3ccc(F)cc3F)CC2)cnn1-c1ccc(Br)cc1. The van der Waals surface area contributed by atoms with Gasteiger partial charge in [-0.25, -0.2) is 13.5 Å². The van der Waals surface area contributed by atoms with Gasteiger partial charge in [-0.2, -0.15) is 5.10 Å². The van der Waals surface area contributed by atoms with Crippen molar-refractivity contribution in [1.82, 2.24) is 14.7 Å². The fraction of sp³-hybridized carbons (Fsp3) is 0.273. The number of carbonyl (C=O) groups is 1. The average Bonchev–Trinajstić information content (AvgIpc) is 3.12. The summed E-state index contributed by atoms with van der Waals surface area (Å²) in [6, 6.07) is 11.0. The number of hydrogen-bond donors (Lipinski definition) is 0. The van der Waals surface area contributed by atoms with E-state index in [1.165, 1.54) is 12.1 Å². The minimum Gasteiger partial charge on any atom is -0.487 e. The second-order valence-corrected chi connectivity index (χ2v) is 8.13. The van der Waals surface area contributed by atoms with E-state index in [4.69, 9.17) is 4.74 Å². The van der Waals surface area contributed by atoms with Crippen LogP contribution in [0.4, 0.5) is 8.78 Å². The smallest absolute Gasteiger partial charge is 0.257 e. The zero-order valence-corrected chi connectivity index (χ0v) is 17.9. The van der Waals surface area contributed by atoms with Gasteiger partial charge in [-0.3, -0.25) is 4.79 Å². The molecule has 4 rings (SSSR count). The fourth-order valence-corrected chi connectivity index (χ4v) is 3.82. The number of rotatable bonds is 4. The topological polar surface area (TPSA) is 47.4 Å². The summed E-state index contributed by atoms with van der Waals surface area (Å²) >= 11 is 3.41. The average molecular weight is 476 g/mol. The number of benzene rings is 2. The lowest BCUT2D eigenvalue weighted by Crippen LogP contribution is -2.42. The van der Waals surface area contributed by atoms with Crippen molar-refractivity contribution in [3.8, 4) is 11.4 Å². The summed E-state index contributed by atoms with van der Waals surface area (Å²) < 4.78 is 35.2. The highest BCUT2D eigenvalue weighted by Crippen LogP contribution is 2.24. The number of piperidine rings is 1. The van der Waals surface area contributed by atoms with Crippen LogP contribution in [0.5, 0.6) is 5.75 Å². The molecule has 1 aromatic heterocycles. The highest BCUT2D eigenvalue weighted by molar-refractivity contribution is 9.10. The van der Waals surface area contributed by atoms with E-state index in [-0.39, 0.29) is 17.8 Å². The van der Waals surface area contributed by atoms with Crippen LogP contribution in [0, 0.1) is 18.6 Å². The number of aromatic nitrogens is 2. The van der Waals surface area contributed by atoms with Crippen LogP contribution in [0.15, 0.2) is 53.1 Å². The molecule has 0 spiro atoms. The maximum Gasteiger partial charge on any atom is 0.257 e. The molecule has 0 saturated carbocycles. The van der Waals surface area contributed by atoms with E-state index in [0.29, 0.717) is 31.5 Å². The van der Waals surface area contributed by atoms with E-state index in [2.05, 4.69) is 21.0 Å². The second kappa shape index (κ2) is 8.55. The highest BCUT2D eigenvalue weighted by Gasteiger charge is 2.27. The molecule has 5 nitrogen and oxygen atoms in total. The third-order valence-corrected chi connectivity index (χ3v) is 5.76. The summed E-state index contributed by atoms with van der Waals surface area (Å²) in [4.78, 5) is 14.8. The molecule has 156 valence electrons. The first-order valence-electron chi connectivity index (χ1n) is 9.64. The van der Waals surface area contributed by atoms with Gasteiger partial charge in [-0.05, 0) is 43.3 Å². The molecule has 0 atom stereocenters. The van der Waals surface area contributed by atoms with Gasteiger partial charge in [-0.15, -0.1) is 0 Å². The standard InChI is InChI=1S/C22H20BrF2N3O2/c1-14-19(13-26-28(14)17-5-2-15(23)3-6-17)22(29)27-10-8-18(9-11-27)30-21-7-4-16(24)12-20(21)25/h2-7,12-13,18H,8-11H2,1H3. The number of halogens is 3. The molecule has 1 aliphatic rings. The molecule has 1 amide bonds. The van der Waals surface area contributed by atoms with Gasteiger partial charge < -0.3 is 9.64 Å². The van der Waals surface area contributed by atoms with Crippen molar-refractivity contribution in [1.29, 1.82) is 0 Å². The van der Waals surface area contributed by atoms with Crippen LogP contribution in [-0.2, 0) is 0 Å². The molecule has 8 heteroatoms. The third-order valence-electron chi connectivity index (χ3n) is 5.23. The molecule has 1 saturated heterocycles. The van der Waals surface area contributed by atoms with E-state index in [1.54, 1.807) is 15.8 Å². The number of nitrogens with zero attached hydrogens (tertiary/aromatic N) is 3. The highest BCUT2D eigenvalue weighted by atomic mass is 79.9. The van der Waals surface area contributed by atoms with E-state index in [1.807, 2.05) is 31.2 Å². The molecule has 0 unspecified atom stereocenters. The van der Waals surface area contributed by atoms with Crippen molar-refractivity contribution in [2.24, 2.45) is 0 Å².